The minimum absolute atomic E-state index is 0.418. The van der Waals surface area contributed by atoms with E-state index in [0.29, 0.717) is 5.92 Å². The maximum absolute atomic E-state index is 4.45. The molecule has 4 nitrogen and oxygen atoms in total. The lowest BCUT2D eigenvalue weighted by atomic mass is 9.83. The molecule has 0 bridgehead atoms. The largest absolute Gasteiger partial charge is 0.370 e. The van der Waals surface area contributed by atoms with Crippen LogP contribution in [-0.2, 0) is 0 Å². The van der Waals surface area contributed by atoms with Crippen LogP contribution in [0.15, 0.2) is 6.33 Å². The molecule has 1 heterocycles. The van der Waals surface area contributed by atoms with E-state index in [4.69, 9.17) is 0 Å². The zero-order chi connectivity index (χ0) is 14.4. The van der Waals surface area contributed by atoms with Crippen molar-refractivity contribution >= 4 is 11.6 Å². The van der Waals surface area contributed by atoms with Crippen molar-refractivity contribution in [1.82, 2.24) is 9.97 Å². The molecule has 1 aliphatic rings. The molecule has 2 N–H and O–H groups in total. The Morgan fingerprint density at radius 3 is 2.30 bits per heavy atom. The highest BCUT2D eigenvalue weighted by atomic mass is 15.1. The van der Waals surface area contributed by atoms with Crippen molar-refractivity contribution in [2.24, 2.45) is 5.92 Å². The Morgan fingerprint density at radius 2 is 1.80 bits per heavy atom. The summed E-state index contributed by atoms with van der Waals surface area (Å²) in [4.78, 5) is 8.85. The zero-order valence-corrected chi connectivity index (χ0v) is 13.1. The fraction of sp³-hybridized carbons (Fsp3) is 0.750. The SMILES string of the molecule is CCCNc1ncnc(NCCC2CCC2)c1C(C)C. The first-order chi connectivity index (χ1) is 9.72. The zero-order valence-electron chi connectivity index (χ0n) is 13.1. The Bertz CT molecular complexity index is 413. The molecule has 0 unspecified atom stereocenters. The lowest BCUT2D eigenvalue weighted by Crippen LogP contribution is -2.17. The van der Waals surface area contributed by atoms with Crippen LogP contribution in [0.5, 0.6) is 0 Å². The summed E-state index contributed by atoms with van der Waals surface area (Å²) in [5.74, 6) is 3.35. The van der Waals surface area contributed by atoms with Gasteiger partial charge in [0.1, 0.15) is 18.0 Å². The smallest absolute Gasteiger partial charge is 0.134 e. The molecular formula is C16H28N4. The van der Waals surface area contributed by atoms with Crippen LogP contribution in [-0.4, -0.2) is 23.1 Å². The topological polar surface area (TPSA) is 49.8 Å². The van der Waals surface area contributed by atoms with E-state index in [1.807, 2.05) is 0 Å². The van der Waals surface area contributed by atoms with E-state index >= 15 is 0 Å². The number of hydrogen-bond donors (Lipinski definition) is 2. The first kappa shape index (κ1) is 15.1. The normalized spacial score (nSPS) is 15.2. The predicted molar refractivity (Wildman–Crippen MR) is 85.3 cm³/mol. The number of rotatable bonds is 8. The van der Waals surface area contributed by atoms with Crippen LogP contribution in [0, 0.1) is 5.92 Å². The van der Waals surface area contributed by atoms with Crippen molar-refractivity contribution in [2.45, 2.75) is 58.8 Å². The highest BCUT2D eigenvalue weighted by Crippen LogP contribution is 2.31. The highest BCUT2D eigenvalue weighted by Gasteiger charge is 2.18. The van der Waals surface area contributed by atoms with E-state index in [-0.39, 0.29) is 0 Å². The average Bonchev–Trinajstić information content (AvgIpc) is 2.38. The second-order valence-corrected chi connectivity index (χ2v) is 6.08. The third-order valence-corrected chi connectivity index (χ3v) is 4.07. The lowest BCUT2D eigenvalue weighted by Gasteiger charge is -2.25. The number of nitrogens with one attached hydrogen (secondary N) is 2. The Labute approximate surface area is 122 Å². The van der Waals surface area contributed by atoms with E-state index in [0.717, 1.165) is 37.1 Å². The summed E-state index contributed by atoms with van der Waals surface area (Å²) in [6.07, 6.45) is 8.26. The van der Waals surface area contributed by atoms with Gasteiger partial charge >= 0.3 is 0 Å². The number of hydrogen-bond acceptors (Lipinski definition) is 4. The summed E-state index contributed by atoms with van der Waals surface area (Å²) < 4.78 is 0. The van der Waals surface area contributed by atoms with Crippen molar-refractivity contribution in [3.8, 4) is 0 Å². The van der Waals surface area contributed by atoms with Gasteiger partial charge in [-0.2, -0.15) is 0 Å². The molecule has 0 radical (unpaired) electrons. The molecule has 2 rings (SSSR count). The van der Waals surface area contributed by atoms with Gasteiger partial charge in [-0.1, -0.05) is 40.0 Å². The molecule has 1 aromatic rings. The van der Waals surface area contributed by atoms with Crippen LogP contribution in [0.4, 0.5) is 11.6 Å². The van der Waals surface area contributed by atoms with Gasteiger partial charge in [-0.25, -0.2) is 9.97 Å². The van der Waals surface area contributed by atoms with Gasteiger partial charge in [-0.3, -0.25) is 0 Å². The lowest BCUT2D eigenvalue weighted by molar-refractivity contribution is 0.303. The predicted octanol–water partition coefficient (Wildman–Crippen LogP) is 4.02. The minimum Gasteiger partial charge on any atom is -0.370 e. The molecule has 1 aliphatic carbocycles. The summed E-state index contributed by atoms with van der Waals surface area (Å²) >= 11 is 0. The molecule has 1 fully saturated rings. The van der Waals surface area contributed by atoms with Gasteiger partial charge in [-0.05, 0) is 24.7 Å². The number of aromatic nitrogens is 2. The molecule has 20 heavy (non-hydrogen) atoms. The molecule has 4 heteroatoms. The molecule has 0 atom stereocenters. The maximum Gasteiger partial charge on any atom is 0.134 e. The molecule has 1 saturated carbocycles. The van der Waals surface area contributed by atoms with Crippen molar-refractivity contribution in [3.05, 3.63) is 11.9 Å². The van der Waals surface area contributed by atoms with Gasteiger partial charge in [0.05, 0.1) is 0 Å². The molecule has 0 aromatic carbocycles. The Balaban J connectivity index is 2.01. The quantitative estimate of drug-likeness (QED) is 0.753. The Hall–Kier alpha value is -1.32. The first-order valence-corrected chi connectivity index (χ1v) is 8.05. The van der Waals surface area contributed by atoms with Gasteiger partial charge in [0, 0.05) is 18.7 Å². The first-order valence-electron chi connectivity index (χ1n) is 8.05. The monoisotopic (exact) mass is 276 g/mol. The summed E-state index contributed by atoms with van der Waals surface area (Å²) in [6, 6.07) is 0. The number of anilines is 2. The van der Waals surface area contributed by atoms with Crippen LogP contribution < -0.4 is 10.6 Å². The van der Waals surface area contributed by atoms with Gasteiger partial charge < -0.3 is 10.6 Å². The molecular weight excluding hydrogens is 248 g/mol. The second kappa shape index (κ2) is 7.46. The average molecular weight is 276 g/mol. The van der Waals surface area contributed by atoms with E-state index < -0.39 is 0 Å². The van der Waals surface area contributed by atoms with Crippen LogP contribution >= 0.6 is 0 Å². The second-order valence-electron chi connectivity index (χ2n) is 6.08. The van der Waals surface area contributed by atoms with Crippen molar-refractivity contribution in [1.29, 1.82) is 0 Å². The van der Waals surface area contributed by atoms with Crippen LogP contribution in [0.25, 0.3) is 0 Å². The molecule has 0 amide bonds. The Kier molecular flexibility index (Phi) is 5.62. The fourth-order valence-corrected chi connectivity index (χ4v) is 2.64. The summed E-state index contributed by atoms with van der Waals surface area (Å²) in [5, 5.41) is 6.93. The van der Waals surface area contributed by atoms with E-state index in [2.05, 4.69) is 41.4 Å². The van der Waals surface area contributed by atoms with E-state index in [9.17, 15) is 0 Å². The minimum atomic E-state index is 0.418. The fourth-order valence-electron chi connectivity index (χ4n) is 2.64. The summed E-state index contributed by atoms with van der Waals surface area (Å²) in [6.45, 7) is 8.55. The van der Waals surface area contributed by atoms with Crippen molar-refractivity contribution in [2.75, 3.05) is 23.7 Å². The third-order valence-electron chi connectivity index (χ3n) is 4.07. The molecule has 0 saturated heterocycles. The van der Waals surface area contributed by atoms with Crippen molar-refractivity contribution in [3.63, 3.8) is 0 Å². The number of nitrogens with zero attached hydrogens (tertiary/aromatic N) is 2. The molecule has 1 aromatic heterocycles. The van der Waals surface area contributed by atoms with Gasteiger partial charge in [-0.15, -0.1) is 0 Å². The van der Waals surface area contributed by atoms with Crippen LogP contribution in [0.2, 0.25) is 0 Å². The summed E-state index contributed by atoms with van der Waals surface area (Å²) in [7, 11) is 0. The van der Waals surface area contributed by atoms with E-state index in [1.165, 1.54) is 31.2 Å². The van der Waals surface area contributed by atoms with Gasteiger partial charge in [0.15, 0.2) is 0 Å². The molecule has 0 spiro atoms. The van der Waals surface area contributed by atoms with Crippen LogP contribution in [0.3, 0.4) is 0 Å². The van der Waals surface area contributed by atoms with Gasteiger partial charge in [0.25, 0.3) is 0 Å². The molecule has 112 valence electrons. The highest BCUT2D eigenvalue weighted by molar-refractivity contribution is 5.58. The maximum atomic E-state index is 4.45. The van der Waals surface area contributed by atoms with Gasteiger partial charge in [0.2, 0.25) is 0 Å². The van der Waals surface area contributed by atoms with Crippen molar-refractivity contribution < 1.29 is 0 Å². The molecule has 0 aliphatic heterocycles. The third kappa shape index (κ3) is 3.84. The van der Waals surface area contributed by atoms with Crippen LogP contribution in [0.1, 0.15) is 64.4 Å². The standard InChI is InChI=1S/C16H28N4/c1-4-9-17-15-14(12(2)3)16(20-11-19-15)18-10-8-13-6-5-7-13/h11-13H,4-10H2,1-3H3,(H2,17,18,19,20). The summed E-state index contributed by atoms with van der Waals surface area (Å²) in [5.41, 5.74) is 1.22. The van der Waals surface area contributed by atoms with E-state index in [1.54, 1.807) is 6.33 Å². The Morgan fingerprint density at radius 1 is 1.15 bits per heavy atom.